The van der Waals surface area contributed by atoms with Crippen molar-refractivity contribution in [3.63, 3.8) is 0 Å². The van der Waals surface area contributed by atoms with Crippen LogP contribution < -0.4 is 10.6 Å². The summed E-state index contributed by atoms with van der Waals surface area (Å²) in [6.45, 7) is 1.57. The first-order valence-corrected chi connectivity index (χ1v) is 11.0. The Balaban J connectivity index is 0.00000306. The number of para-hydroxylation sites is 2. The summed E-state index contributed by atoms with van der Waals surface area (Å²) in [6, 6.07) is 15.9. The maximum atomic E-state index is 12.3. The average molecular weight is 469 g/mol. The number of amides is 1. The van der Waals surface area contributed by atoms with Gasteiger partial charge in [0.2, 0.25) is 5.91 Å². The zero-order valence-corrected chi connectivity index (χ0v) is 19.2. The van der Waals surface area contributed by atoms with Crippen molar-refractivity contribution in [2.24, 2.45) is 0 Å². The second-order valence-electron chi connectivity index (χ2n) is 8.17. The molecule has 1 unspecified atom stereocenters. The van der Waals surface area contributed by atoms with Crippen LogP contribution in [0.3, 0.4) is 0 Å². The molecule has 0 aliphatic heterocycles. The molecule has 0 spiro atoms. The van der Waals surface area contributed by atoms with Crippen molar-refractivity contribution in [1.29, 1.82) is 0 Å². The number of rotatable bonds is 9. The van der Waals surface area contributed by atoms with E-state index in [0.29, 0.717) is 32.5 Å². The van der Waals surface area contributed by atoms with Gasteiger partial charge in [0, 0.05) is 19.5 Å². The number of benzene rings is 2. The van der Waals surface area contributed by atoms with Crippen molar-refractivity contribution in [3.05, 3.63) is 77.1 Å². The number of H-pyrrole nitrogens is 1. The number of halogens is 1. The van der Waals surface area contributed by atoms with Gasteiger partial charge < -0.3 is 20.7 Å². The Morgan fingerprint density at radius 2 is 1.88 bits per heavy atom. The smallest absolute Gasteiger partial charge is 0.303 e. The van der Waals surface area contributed by atoms with E-state index in [0.717, 1.165) is 40.0 Å². The van der Waals surface area contributed by atoms with Crippen LogP contribution in [0.1, 0.15) is 42.1 Å². The molecule has 1 amide bonds. The number of carboxylic acid groups (broad SMARTS) is 1. The third-order valence-corrected chi connectivity index (χ3v) is 5.81. The van der Waals surface area contributed by atoms with E-state index in [2.05, 4.69) is 32.7 Å². The Hall–Kier alpha value is -3.16. The number of hydrogen-bond acceptors (Lipinski definition) is 4. The molecule has 7 nitrogen and oxygen atoms in total. The van der Waals surface area contributed by atoms with Gasteiger partial charge in [0.15, 0.2) is 0 Å². The fraction of sp³-hybridized carbons (Fsp3) is 0.320. The monoisotopic (exact) mass is 468 g/mol. The molecule has 0 fully saturated rings. The van der Waals surface area contributed by atoms with E-state index in [1.807, 2.05) is 42.5 Å². The standard InChI is InChI=1S/C25H28N4O3.ClH/c30-24(11-12-26-16-23-28-21-7-3-4-8-22(21)29-23)27-15-17-9-10-18-5-1-2-6-20(18)19(13-17)14-25(31)32;/h1-9,19,26H,10-16H2,(H,27,30)(H,28,29)(H,31,32);1H. The highest BCUT2D eigenvalue weighted by Gasteiger charge is 2.22. The number of nitrogens with one attached hydrogen (secondary N) is 3. The zero-order valence-electron chi connectivity index (χ0n) is 18.3. The first-order valence-electron chi connectivity index (χ1n) is 11.0. The number of aromatic amines is 1. The summed E-state index contributed by atoms with van der Waals surface area (Å²) >= 11 is 0. The van der Waals surface area contributed by atoms with Crippen molar-refractivity contribution < 1.29 is 14.7 Å². The summed E-state index contributed by atoms with van der Waals surface area (Å²) in [7, 11) is 0. The summed E-state index contributed by atoms with van der Waals surface area (Å²) in [5, 5.41) is 15.6. The number of carbonyl (C=O) groups excluding carboxylic acids is 1. The highest BCUT2D eigenvalue weighted by Crippen LogP contribution is 2.33. The van der Waals surface area contributed by atoms with Crippen LogP contribution in [-0.4, -0.2) is 40.0 Å². The molecule has 3 aromatic rings. The largest absolute Gasteiger partial charge is 0.481 e. The topological polar surface area (TPSA) is 107 Å². The lowest BCUT2D eigenvalue weighted by Gasteiger charge is -2.17. The van der Waals surface area contributed by atoms with Gasteiger partial charge in [-0.05, 0) is 42.0 Å². The van der Waals surface area contributed by atoms with Gasteiger partial charge in [0.25, 0.3) is 0 Å². The Kier molecular flexibility index (Phi) is 8.63. The molecule has 174 valence electrons. The number of allylic oxidation sites excluding steroid dienone is 1. The predicted octanol–water partition coefficient (Wildman–Crippen LogP) is 3.71. The van der Waals surface area contributed by atoms with Crippen LogP contribution >= 0.6 is 12.4 Å². The normalized spacial score (nSPS) is 15.2. The number of aromatic nitrogens is 2. The minimum absolute atomic E-state index is 0. The minimum atomic E-state index is -0.800. The van der Waals surface area contributed by atoms with Crippen molar-refractivity contribution in [1.82, 2.24) is 20.6 Å². The molecule has 0 saturated heterocycles. The van der Waals surface area contributed by atoms with Gasteiger partial charge in [-0.25, -0.2) is 4.98 Å². The number of fused-ring (bicyclic) bond motifs is 2. The average Bonchev–Trinajstić information content (AvgIpc) is 3.12. The van der Waals surface area contributed by atoms with Gasteiger partial charge in [-0.3, -0.25) is 9.59 Å². The third kappa shape index (κ3) is 6.66. The van der Waals surface area contributed by atoms with E-state index in [9.17, 15) is 14.7 Å². The molecule has 33 heavy (non-hydrogen) atoms. The molecular formula is C25H29ClN4O3. The van der Waals surface area contributed by atoms with Crippen LogP contribution in [0, 0.1) is 0 Å². The Bertz CT molecular complexity index is 1110. The third-order valence-electron chi connectivity index (χ3n) is 5.81. The molecule has 1 heterocycles. The second-order valence-corrected chi connectivity index (χ2v) is 8.17. The molecule has 1 aromatic heterocycles. The van der Waals surface area contributed by atoms with Crippen molar-refractivity contribution in [3.8, 4) is 0 Å². The number of carbonyl (C=O) groups is 2. The quantitative estimate of drug-likeness (QED) is 0.283. The van der Waals surface area contributed by atoms with Gasteiger partial charge in [-0.2, -0.15) is 0 Å². The molecule has 4 rings (SSSR count). The van der Waals surface area contributed by atoms with Crippen LogP contribution in [0.25, 0.3) is 11.0 Å². The van der Waals surface area contributed by atoms with Gasteiger partial charge >= 0.3 is 5.97 Å². The van der Waals surface area contributed by atoms with Crippen LogP contribution in [0.2, 0.25) is 0 Å². The lowest BCUT2D eigenvalue weighted by Crippen LogP contribution is -2.29. The van der Waals surface area contributed by atoms with Crippen molar-refractivity contribution >= 4 is 35.3 Å². The summed E-state index contributed by atoms with van der Waals surface area (Å²) < 4.78 is 0. The molecular weight excluding hydrogens is 440 g/mol. The molecule has 1 aliphatic rings. The van der Waals surface area contributed by atoms with Crippen LogP contribution in [0.4, 0.5) is 0 Å². The molecule has 8 heteroatoms. The maximum absolute atomic E-state index is 12.3. The number of hydrogen-bond donors (Lipinski definition) is 4. The molecule has 1 aliphatic carbocycles. The Morgan fingerprint density at radius 3 is 2.70 bits per heavy atom. The summed E-state index contributed by atoms with van der Waals surface area (Å²) in [6.07, 6.45) is 3.99. The fourth-order valence-corrected chi connectivity index (χ4v) is 4.22. The molecule has 0 radical (unpaired) electrons. The SMILES string of the molecule is Cl.O=C(O)CC1CC(CNC(=O)CCNCc2nc3ccccc3[nH]2)=CCc2ccccc21. The van der Waals surface area contributed by atoms with Gasteiger partial charge in [0.1, 0.15) is 5.82 Å². The molecule has 4 N–H and O–H groups in total. The van der Waals surface area contributed by atoms with E-state index in [1.54, 1.807) is 0 Å². The fourth-order valence-electron chi connectivity index (χ4n) is 4.22. The lowest BCUT2D eigenvalue weighted by atomic mass is 9.88. The second kappa shape index (κ2) is 11.6. The predicted molar refractivity (Wildman–Crippen MR) is 131 cm³/mol. The number of nitrogens with zero attached hydrogens (tertiary/aromatic N) is 1. The zero-order chi connectivity index (χ0) is 22.3. The summed E-state index contributed by atoms with van der Waals surface area (Å²) in [5.74, 6) is -0.0516. The van der Waals surface area contributed by atoms with Crippen LogP contribution in [-0.2, 0) is 22.6 Å². The van der Waals surface area contributed by atoms with E-state index >= 15 is 0 Å². The van der Waals surface area contributed by atoms with E-state index in [4.69, 9.17) is 0 Å². The van der Waals surface area contributed by atoms with E-state index in [-0.39, 0.29) is 30.7 Å². The number of carboxylic acids is 1. The van der Waals surface area contributed by atoms with Crippen molar-refractivity contribution in [2.45, 2.75) is 38.1 Å². The first-order chi connectivity index (χ1) is 15.6. The molecule has 0 bridgehead atoms. The molecule has 2 aromatic carbocycles. The Morgan fingerprint density at radius 1 is 1.09 bits per heavy atom. The van der Waals surface area contributed by atoms with Crippen molar-refractivity contribution in [2.75, 3.05) is 13.1 Å². The lowest BCUT2D eigenvalue weighted by molar-refractivity contribution is -0.137. The maximum Gasteiger partial charge on any atom is 0.303 e. The van der Waals surface area contributed by atoms with Crippen LogP contribution in [0.5, 0.6) is 0 Å². The van der Waals surface area contributed by atoms with E-state index < -0.39 is 5.97 Å². The molecule has 0 saturated carbocycles. The Labute approximate surface area is 199 Å². The van der Waals surface area contributed by atoms with Gasteiger partial charge in [-0.15, -0.1) is 12.4 Å². The molecule has 1 atom stereocenters. The highest BCUT2D eigenvalue weighted by atomic mass is 35.5. The first kappa shape index (κ1) is 24.5. The summed E-state index contributed by atoms with van der Waals surface area (Å²) in [4.78, 5) is 31.4. The number of aliphatic carboxylic acids is 1. The van der Waals surface area contributed by atoms with Crippen LogP contribution in [0.15, 0.2) is 60.2 Å². The van der Waals surface area contributed by atoms with Gasteiger partial charge in [0.05, 0.1) is 24.0 Å². The van der Waals surface area contributed by atoms with Gasteiger partial charge in [-0.1, -0.05) is 48.0 Å². The van der Waals surface area contributed by atoms with E-state index in [1.165, 1.54) is 0 Å². The summed E-state index contributed by atoms with van der Waals surface area (Å²) in [5.41, 5.74) is 5.28. The number of imidazole rings is 1. The highest BCUT2D eigenvalue weighted by molar-refractivity contribution is 5.85. The minimum Gasteiger partial charge on any atom is -0.481 e.